The van der Waals surface area contributed by atoms with Crippen molar-refractivity contribution in [3.63, 3.8) is 0 Å². The molecule has 1 unspecified atom stereocenters. The average Bonchev–Trinajstić information content (AvgIpc) is 3.24. The van der Waals surface area contributed by atoms with Crippen molar-refractivity contribution in [3.05, 3.63) is 72.9 Å². The highest BCUT2D eigenvalue weighted by Gasteiger charge is 2.39. The summed E-state index contributed by atoms with van der Waals surface area (Å²) in [6.45, 7) is 4.62. The van der Waals surface area contributed by atoms with Gasteiger partial charge in [0.2, 0.25) is 12.5 Å². The van der Waals surface area contributed by atoms with Gasteiger partial charge in [-0.2, -0.15) is 0 Å². The number of ether oxygens (including phenoxy) is 3. The standard InChI is InChI=1S/C24H25N3O6/c1-12-5-6-15(9-13(12)2)27-23(29)18(22(28)25-24(27)30)19-17-14(7-8-26(19)3)10-16-20(21(17)31-4)33-11-32-16/h5-6,9-10,19,29H,7-8,11H2,1-4H3,(H,25,28,30)/t19-/m1/s1. The van der Waals surface area contributed by atoms with E-state index in [1.165, 1.54) is 7.11 Å². The van der Waals surface area contributed by atoms with E-state index in [1.807, 2.05) is 33.0 Å². The van der Waals surface area contributed by atoms with E-state index in [0.717, 1.165) is 26.2 Å². The Hall–Kier alpha value is -3.72. The van der Waals surface area contributed by atoms with Gasteiger partial charge in [0.25, 0.3) is 5.56 Å². The van der Waals surface area contributed by atoms with Crippen LogP contribution < -0.4 is 35.5 Å². The predicted molar refractivity (Wildman–Crippen MR) is 118 cm³/mol. The van der Waals surface area contributed by atoms with Crippen molar-refractivity contribution in [2.45, 2.75) is 26.3 Å². The maximum atomic E-state index is 13.7. The Bertz CT molecular complexity index is 1390. The minimum atomic E-state index is -0.761. The number of methoxy groups -OCH3 is 1. The van der Waals surface area contributed by atoms with Crippen LogP contribution in [-0.2, 0) is 6.42 Å². The van der Waals surface area contributed by atoms with Crippen molar-refractivity contribution in [3.8, 4) is 28.8 Å². The summed E-state index contributed by atoms with van der Waals surface area (Å²) in [5.41, 5.74) is 2.56. The van der Waals surface area contributed by atoms with Crippen LogP contribution in [-0.4, -0.2) is 37.0 Å². The summed E-state index contributed by atoms with van der Waals surface area (Å²) in [5.74, 6) is 0.860. The van der Waals surface area contributed by atoms with Crippen molar-refractivity contribution in [1.29, 1.82) is 0 Å². The molecule has 33 heavy (non-hydrogen) atoms. The molecule has 3 heterocycles. The molecule has 0 saturated carbocycles. The molecule has 0 amide bonds. The monoisotopic (exact) mass is 451 g/mol. The second kappa shape index (κ2) is 7.70. The number of aromatic nitrogens is 2. The number of benzene rings is 2. The van der Waals surface area contributed by atoms with E-state index < -0.39 is 23.2 Å². The third kappa shape index (κ3) is 3.19. The second-order valence-electron chi connectivity index (χ2n) is 8.58. The Labute approximate surface area is 189 Å². The van der Waals surface area contributed by atoms with Crippen molar-refractivity contribution in [2.75, 3.05) is 27.5 Å². The molecule has 3 aromatic rings. The van der Waals surface area contributed by atoms with Gasteiger partial charge in [-0.05, 0) is 54.6 Å². The molecule has 9 heteroatoms. The van der Waals surface area contributed by atoms with Crippen LogP contribution in [0.5, 0.6) is 23.1 Å². The van der Waals surface area contributed by atoms with Crippen molar-refractivity contribution < 1.29 is 24.2 Å². The van der Waals surface area contributed by atoms with E-state index in [0.29, 0.717) is 41.5 Å². The summed E-state index contributed by atoms with van der Waals surface area (Å²) in [4.78, 5) is 29.1. The number of nitrogens with one attached hydrogen (secondary N) is 2. The molecule has 2 aliphatic heterocycles. The molecule has 2 aliphatic rings. The highest BCUT2D eigenvalue weighted by molar-refractivity contribution is 5.63. The van der Waals surface area contributed by atoms with Crippen molar-refractivity contribution >= 4 is 0 Å². The SMILES string of the molecule is COc1c2c(cc3c1[C@H](c1c([O-])n(-c4ccc(C)c(C)c4)c(=O)[nH]c1=O)[NH+](C)CC3)OCO2. The molecule has 0 saturated heterocycles. The molecule has 0 aliphatic carbocycles. The molecular weight excluding hydrogens is 426 g/mol. The van der Waals surface area contributed by atoms with Crippen LogP contribution >= 0.6 is 0 Å². The van der Waals surface area contributed by atoms with Gasteiger partial charge in [-0.1, -0.05) is 6.07 Å². The molecule has 0 radical (unpaired) electrons. The van der Waals surface area contributed by atoms with Gasteiger partial charge in [-0.25, -0.2) is 4.79 Å². The fraction of sp³-hybridized carbons (Fsp3) is 0.333. The fourth-order valence-corrected chi connectivity index (χ4v) is 4.80. The zero-order valence-electron chi connectivity index (χ0n) is 18.9. The second-order valence-corrected chi connectivity index (χ2v) is 8.58. The summed E-state index contributed by atoms with van der Waals surface area (Å²) in [7, 11) is 3.44. The molecule has 0 bridgehead atoms. The number of quaternary nitrogens is 1. The molecule has 2 N–H and O–H groups in total. The Morgan fingerprint density at radius 1 is 1.15 bits per heavy atom. The largest absolute Gasteiger partial charge is 0.859 e. The van der Waals surface area contributed by atoms with Gasteiger partial charge >= 0.3 is 5.69 Å². The number of aryl methyl sites for hydroxylation is 2. The molecule has 172 valence electrons. The molecule has 0 fully saturated rings. The van der Waals surface area contributed by atoms with Gasteiger partial charge in [-0.3, -0.25) is 14.3 Å². The number of nitrogens with zero attached hydrogens (tertiary/aromatic N) is 1. The van der Waals surface area contributed by atoms with Gasteiger partial charge in [0, 0.05) is 12.1 Å². The van der Waals surface area contributed by atoms with Crippen LogP contribution in [0, 0.1) is 13.8 Å². The highest BCUT2D eigenvalue weighted by atomic mass is 16.7. The van der Waals surface area contributed by atoms with Gasteiger partial charge in [0.05, 0.1) is 31.8 Å². The lowest BCUT2D eigenvalue weighted by atomic mass is 9.87. The van der Waals surface area contributed by atoms with Crippen LogP contribution in [0.15, 0.2) is 33.9 Å². The first-order chi connectivity index (χ1) is 15.8. The number of rotatable bonds is 3. The summed E-state index contributed by atoms with van der Waals surface area (Å²) < 4.78 is 17.9. The molecule has 9 nitrogen and oxygen atoms in total. The quantitative estimate of drug-likeness (QED) is 0.585. The minimum Gasteiger partial charge on any atom is -0.859 e. The maximum absolute atomic E-state index is 13.7. The molecular formula is C24H25N3O6. The van der Waals surface area contributed by atoms with Gasteiger partial charge in [0.15, 0.2) is 11.5 Å². The Morgan fingerprint density at radius 2 is 1.94 bits per heavy atom. The van der Waals surface area contributed by atoms with Crippen LogP contribution in [0.2, 0.25) is 0 Å². The first-order valence-corrected chi connectivity index (χ1v) is 10.8. The molecule has 1 aromatic heterocycles. The Kier molecular flexibility index (Phi) is 4.93. The predicted octanol–water partition coefficient (Wildman–Crippen LogP) is 0.114. The van der Waals surface area contributed by atoms with E-state index in [-0.39, 0.29) is 12.4 Å². The van der Waals surface area contributed by atoms with Crippen molar-refractivity contribution in [2.24, 2.45) is 0 Å². The number of fused-ring (bicyclic) bond motifs is 2. The molecule has 5 rings (SSSR count). The number of hydrogen-bond acceptors (Lipinski definition) is 6. The van der Waals surface area contributed by atoms with Crippen molar-refractivity contribution in [1.82, 2.24) is 9.55 Å². The molecule has 2 aromatic carbocycles. The van der Waals surface area contributed by atoms with Crippen LogP contribution in [0.3, 0.4) is 0 Å². The van der Waals surface area contributed by atoms with E-state index in [4.69, 9.17) is 14.2 Å². The van der Waals surface area contributed by atoms with Gasteiger partial charge in [0.1, 0.15) is 6.04 Å². The van der Waals surface area contributed by atoms with E-state index in [2.05, 4.69) is 4.98 Å². The van der Waals surface area contributed by atoms with E-state index >= 15 is 0 Å². The molecule has 2 atom stereocenters. The Morgan fingerprint density at radius 3 is 2.67 bits per heavy atom. The van der Waals surface area contributed by atoms with Crippen LogP contribution in [0.1, 0.15) is 33.9 Å². The zero-order valence-corrected chi connectivity index (χ0v) is 18.9. The number of aromatic amines is 1. The lowest BCUT2D eigenvalue weighted by Gasteiger charge is -2.35. The van der Waals surface area contributed by atoms with Gasteiger partial charge < -0.3 is 24.2 Å². The number of likely N-dealkylation sites (N-methyl/N-ethyl adjacent to an activating group) is 1. The third-order valence-electron chi connectivity index (χ3n) is 6.66. The fourth-order valence-electron chi connectivity index (χ4n) is 4.80. The number of hydrogen-bond donors (Lipinski definition) is 2. The summed E-state index contributed by atoms with van der Waals surface area (Å²) in [6.07, 6.45) is 0.716. The van der Waals surface area contributed by atoms with Gasteiger partial charge in [-0.15, -0.1) is 0 Å². The lowest BCUT2D eigenvalue weighted by molar-refractivity contribution is -0.908. The molecule has 0 spiro atoms. The van der Waals surface area contributed by atoms with E-state index in [1.54, 1.807) is 12.1 Å². The topological polar surface area (TPSA) is 110 Å². The number of H-pyrrole nitrogens is 1. The first-order valence-electron chi connectivity index (χ1n) is 10.8. The van der Waals surface area contributed by atoms with E-state index in [9.17, 15) is 14.7 Å². The van der Waals surface area contributed by atoms with Crippen LogP contribution in [0.4, 0.5) is 0 Å². The van der Waals surface area contributed by atoms with Crippen LogP contribution in [0.25, 0.3) is 5.69 Å². The smallest absolute Gasteiger partial charge is 0.332 e. The average molecular weight is 451 g/mol. The Balaban J connectivity index is 1.79. The summed E-state index contributed by atoms with van der Waals surface area (Å²) in [5, 5.41) is 13.7. The maximum Gasteiger partial charge on any atom is 0.332 e. The first kappa shape index (κ1) is 21.1. The lowest BCUT2D eigenvalue weighted by Crippen LogP contribution is -3.10. The summed E-state index contributed by atoms with van der Waals surface area (Å²) in [6, 6.07) is 6.56. The summed E-state index contributed by atoms with van der Waals surface area (Å²) >= 11 is 0. The third-order valence-corrected chi connectivity index (χ3v) is 6.66. The highest BCUT2D eigenvalue weighted by Crippen LogP contribution is 2.48. The normalized spacial score (nSPS) is 18.8. The zero-order chi connectivity index (χ0) is 23.4. The minimum absolute atomic E-state index is 0.0107.